The number of rotatable bonds is 8. The van der Waals surface area contributed by atoms with Gasteiger partial charge in [-0.2, -0.15) is 0 Å². The summed E-state index contributed by atoms with van der Waals surface area (Å²) < 4.78 is 5.25. The molecular weight excluding hydrogens is 390 g/mol. The number of aliphatic imine (C=N–C) groups is 1. The molecule has 7 nitrogen and oxygen atoms in total. The van der Waals surface area contributed by atoms with E-state index in [-0.39, 0.29) is 5.91 Å². The van der Waals surface area contributed by atoms with Crippen LogP contribution in [0.25, 0.3) is 0 Å². The molecule has 2 aliphatic heterocycles. The Morgan fingerprint density at radius 2 is 1.87 bits per heavy atom. The molecule has 0 aliphatic carbocycles. The number of carbonyl (C=O) groups is 1. The van der Waals surface area contributed by atoms with E-state index >= 15 is 0 Å². The molecule has 1 unspecified atom stereocenters. The Morgan fingerprint density at radius 3 is 2.52 bits per heavy atom. The van der Waals surface area contributed by atoms with Crippen LogP contribution in [0.3, 0.4) is 0 Å². The number of nitrogens with zero attached hydrogens (tertiary/aromatic N) is 3. The Morgan fingerprint density at radius 1 is 1.13 bits per heavy atom. The number of benzene rings is 1. The standard InChI is InChI=1S/C24H39N5O2/c1-4-23(30)29-15-12-21(18-29)27-24(25-5-2)26-16-19-10-13-28(14-11-19)17-20-6-8-22(31-3)9-7-20/h6-9,19,21H,4-5,10-18H2,1-3H3,(H2,25,26,27). The molecule has 2 aliphatic rings. The Balaban J connectivity index is 1.42. The number of nitrogens with one attached hydrogen (secondary N) is 2. The summed E-state index contributed by atoms with van der Waals surface area (Å²) in [6.45, 7) is 10.6. The fourth-order valence-corrected chi connectivity index (χ4v) is 4.38. The average molecular weight is 430 g/mol. The van der Waals surface area contributed by atoms with Crippen molar-refractivity contribution in [2.75, 3.05) is 46.4 Å². The van der Waals surface area contributed by atoms with Gasteiger partial charge in [-0.25, -0.2) is 0 Å². The maximum Gasteiger partial charge on any atom is 0.222 e. The van der Waals surface area contributed by atoms with E-state index < -0.39 is 0 Å². The number of methoxy groups -OCH3 is 1. The van der Waals surface area contributed by atoms with Crippen molar-refractivity contribution >= 4 is 11.9 Å². The van der Waals surface area contributed by atoms with Gasteiger partial charge in [0, 0.05) is 45.2 Å². The minimum Gasteiger partial charge on any atom is -0.497 e. The number of ether oxygens (including phenoxy) is 1. The third-order valence-corrected chi connectivity index (χ3v) is 6.31. The minimum absolute atomic E-state index is 0.243. The molecule has 0 bridgehead atoms. The molecule has 1 aromatic carbocycles. The maximum absolute atomic E-state index is 11.9. The molecule has 31 heavy (non-hydrogen) atoms. The van der Waals surface area contributed by atoms with Crippen molar-refractivity contribution in [1.82, 2.24) is 20.4 Å². The lowest BCUT2D eigenvalue weighted by Gasteiger charge is -2.31. The van der Waals surface area contributed by atoms with E-state index in [2.05, 4.69) is 34.6 Å². The Kier molecular flexibility index (Phi) is 9.00. The topological polar surface area (TPSA) is 69.2 Å². The van der Waals surface area contributed by atoms with Crippen LogP contribution >= 0.6 is 0 Å². The van der Waals surface area contributed by atoms with Gasteiger partial charge >= 0.3 is 0 Å². The van der Waals surface area contributed by atoms with Crippen molar-refractivity contribution in [3.63, 3.8) is 0 Å². The zero-order chi connectivity index (χ0) is 22.1. The molecular formula is C24H39N5O2. The summed E-state index contributed by atoms with van der Waals surface area (Å²) in [7, 11) is 1.70. The van der Waals surface area contributed by atoms with E-state index in [1.807, 2.05) is 24.0 Å². The van der Waals surface area contributed by atoms with Crippen LogP contribution in [-0.2, 0) is 11.3 Å². The second-order valence-corrected chi connectivity index (χ2v) is 8.61. The zero-order valence-corrected chi connectivity index (χ0v) is 19.4. The molecule has 1 atom stereocenters. The molecule has 3 rings (SSSR count). The highest BCUT2D eigenvalue weighted by molar-refractivity contribution is 5.80. The van der Waals surface area contributed by atoms with Gasteiger partial charge in [0.25, 0.3) is 0 Å². The predicted molar refractivity (Wildman–Crippen MR) is 125 cm³/mol. The van der Waals surface area contributed by atoms with Crippen LogP contribution in [0.5, 0.6) is 5.75 Å². The first kappa shape index (κ1) is 23.4. The van der Waals surface area contributed by atoms with Crippen LogP contribution in [0, 0.1) is 5.92 Å². The average Bonchev–Trinajstić information content (AvgIpc) is 3.27. The van der Waals surface area contributed by atoms with Crippen molar-refractivity contribution in [2.24, 2.45) is 10.9 Å². The number of amides is 1. The third-order valence-electron chi connectivity index (χ3n) is 6.31. The number of hydrogen-bond donors (Lipinski definition) is 2. The first-order valence-corrected chi connectivity index (χ1v) is 11.8. The highest BCUT2D eigenvalue weighted by atomic mass is 16.5. The van der Waals surface area contributed by atoms with Gasteiger partial charge in [0.15, 0.2) is 5.96 Å². The lowest BCUT2D eigenvalue weighted by atomic mass is 9.96. The fraction of sp³-hybridized carbons (Fsp3) is 0.667. The second kappa shape index (κ2) is 11.9. The van der Waals surface area contributed by atoms with Crippen LogP contribution in [-0.4, -0.2) is 74.1 Å². The van der Waals surface area contributed by atoms with Gasteiger partial charge in [-0.3, -0.25) is 14.7 Å². The van der Waals surface area contributed by atoms with Gasteiger partial charge in [-0.1, -0.05) is 19.1 Å². The smallest absolute Gasteiger partial charge is 0.222 e. The second-order valence-electron chi connectivity index (χ2n) is 8.61. The van der Waals surface area contributed by atoms with Crippen molar-refractivity contribution in [1.29, 1.82) is 0 Å². The van der Waals surface area contributed by atoms with E-state index in [0.29, 0.717) is 18.4 Å². The molecule has 7 heteroatoms. The van der Waals surface area contributed by atoms with Crippen molar-refractivity contribution in [2.45, 2.75) is 52.1 Å². The molecule has 1 aromatic rings. The number of guanidine groups is 1. The molecule has 0 saturated carbocycles. The summed E-state index contributed by atoms with van der Waals surface area (Å²) in [4.78, 5) is 21.3. The molecule has 2 heterocycles. The molecule has 1 amide bonds. The first-order chi connectivity index (χ1) is 15.1. The van der Waals surface area contributed by atoms with Gasteiger partial charge in [0.05, 0.1) is 7.11 Å². The van der Waals surface area contributed by atoms with Gasteiger partial charge in [0.1, 0.15) is 5.75 Å². The predicted octanol–water partition coefficient (Wildman–Crippen LogP) is 2.47. The molecule has 172 valence electrons. The van der Waals surface area contributed by atoms with Crippen LogP contribution in [0.1, 0.15) is 45.1 Å². The summed E-state index contributed by atoms with van der Waals surface area (Å²) in [5.41, 5.74) is 1.34. The molecule has 0 radical (unpaired) electrons. The van der Waals surface area contributed by atoms with Crippen LogP contribution < -0.4 is 15.4 Å². The van der Waals surface area contributed by atoms with Crippen LogP contribution in [0.2, 0.25) is 0 Å². The van der Waals surface area contributed by atoms with E-state index in [1.165, 1.54) is 18.4 Å². The maximum atomic E-state index is 11.9. The molecule has 0 aromatic heterocycles. The molecule has 2 fully saturated rings. The Labute approximate surface area is 187 Å². The van der Waals surface area contributed by atoms with Gasteiger partial charge in [0.2, 0.25) is 5.91 Å². The highest BCUT2D eigenvalue weighted by Gasteiger charge is 2.26. The lowest BCUT2D eigenvalue weighted by molar-refractivity contribution is -0.129. The van der Waals surface area contributed by atoms with Gasteiger partial charge in [-0.15, -0.1) is 0 Å². The first-order valence-electron chi connectivity index (χ1n) is 11.8. The molecule has 2 saturated heterocycles. The zero-order valence-electron chi connectivity index (χ0n) is 19.4. The number of hydrogen-bond acceptors (Lipinski definition) is 4. The third kappa shape index (κ3) is 7.13. The lowest BCUT2D eigenvalue weighted by Crippen LogP contribution is -2.45. The van der Waals surface area contributed by atoms with Crippen LogP contribution in [0.15, 0.2) is 29.3 Å². The van der Waals surface area contributed by atoms with Crippen molar-refractivity contribution < 1.29 is 9.53 Å². The summed E-state index contributed by atoms with van der Waals surface area (Å²) in [6.07, 6.45) is 3.93. The normalized spacial score (nSPS) is 20.7. The highest BCUT2D eigenvalue weighted by Crippen LogP contribution is 2.20. The number of likely N-dealkylation sites (tertiary alicyclic amines) is 2. The fourth-order valence-electron chi connectivity index (χ4n) is 4.38. The summed E-state index contributed by atoms with van der Waals surface area (Å²) >= 11 is 0. The van der Waals surface area contributed by atoms with Gasteiger partial charge < -0.3 is 20.3 Å². The van der Waals surface area contributed by atoms with E-state index in [0.717, 1.165) is 63.9 Å². The van der Waals surface area contributed by atoms with E-state index in [1.54, 1.807) is 7.11 Å². The summed E-state index contributed by atoms with van der Waals surface area (Å²) in [5, 5.41) is 6.91. The number of carbonyl (C=O) groups excluding carboxylic acids is 1. The quantitative estimate of drug-likeness (QED) is 0.491. The monoisotopic (exact) mass is 429 g/mol. The molecule has 2 N–H and O–H groups in total. The minimum atomic E-state index is 0.243. The van der Waals surface area contributed by atoms with Gasteiger partial charge in [-0.05, 0) is 62.9 Å². The Hall–Kier alpha value is -2.28. The van der Waals surface area contributed by atoms with E-state index in [9.17, 15) is 4.79 Å². The number of piperidine rings is 1. The van der Waals surface area contributed by atoms with Crippen molar-refractivity contribution in [3.05, 3.63) is 29.8 Å². The van der Waals surface area contributed by atoms with E-state index in [4.69, 9.17) is 9.73 Å². The van der Waals surface area contributed by atoms with Crippen molar-refractivity contribution in [3.8, 4) is 5.75 Å². The molecule has 0 spiro atoms. The SMILES string of the molecule is CCNC(=NCC1CCN(Cc2ccc(OC)cc2)CC1)NC1CCN(C(=O)CC)C1. The largest absolute Gasteiger partial charge is 0.497 e. The Bertz CT molecular complexity index is 713. The summed E-state index contributed by atoms with van der Waals surface area (Å²) in [6, 6.07) is 8.67. The summed E-state index contributed by atoms with van der Waals surface area (Å²) in [5.74, 6) is 2.67. The van der Waals surface area contributed by atoms with Crippen LogP contribution in [0.4, 0.5) is 0 Å².